The van der Waals surface area contributed by atoms with Gasteiger partial charge in [0.1, 0.15) is 5.60 Å². The predicted octanol–water partition coefficient (Wildman–Crippen LogP) is 9.00. The molecule has 0 bridgehead atoms. The quantitative estimate of drug-likeness (QED) is 0.0229. The van der Waals surface area contributed by atoms with Crippen molar-refractivity contribution in [3.8, 4) is 0 Å². The van der Waals surface area contributed by atoms with Gasteiger partial charge in [-0.25, -0.2) is 14.4 Å². The van der Waals surface area contributed by atoms with E-state index in [0.717, 1.165) is 77.0 Å². The lowest BCUT2D eigenvalue weighted by atomic mass is 10.1. The number of carbonyl (C=O) groups excluding carboxylic acids is 7. The number of ether oxygens (including phenoxy) is 3. The van der Waals surface area contributed by atoms with E-state index in [1.54, 1.807) is 65.0 Å². The molecule has 0 spiro atoms. The molecule has 0 saturated heterocycles. The third-order valence-corrected chi connectivity index (χ3v) is 9.25. The maximum Gasteiger partial charge on any atom is 0.407 e. The Hall–Kier alpha value is -5.26. The lowest BCUT2D eigenvalue weighted by molar-refractivity contribution is -0.117. The Kier molecular flexibility index (Phi) is 33.1. The van der Waals surface area contributed by atoms with Gasteiger partial charge in [0.05, 0.1) is 24.3 Å². The summed E-state index contributed by atoms with van der Waals surface area (Å²) in [5, 5.41) is 13.9. The molecule has 0 heterocycles. The highest BCUT2D eigenvalue weighted by Crippen LogP contribution is 2.23. The van der Waals surface area contributed by atoms with Gasteiger partial charge in [-0.3, -0.25) is 19.2 Å². The smallest absolute Gasteiger partial charge is 0.407 e. The topological polar surface area (TPSA) is 259 Å². The first-order chi connectivity index (χ1) is 31.0. The van der Waals surface area contributed by atoms with E-state index < -0.39 is 23.6 Å². The van der Waals surface area contributed by atoms with E-state index in [-0.39, 0.29) is 66.8 Å². The maximum atomic E-state index is 12.4. The molecule has 0 unspecified atom stereocenters. The molecule has 0 aromatic heterocycles. The van der Waals surface area contributed by atoms with Crippen LogP contribution in [-0.2, 0) is 33.4 Å². The number of nitrogens with two attached hydrogens (primary N) is 2. The molecule has 9 N–H and O–H groups in total. The normalized spacial score (nSPS) is 10.5. The third-order valence-electron chi connectivity index (χ3n) is 9.25. The highest BCUT2D eigenvalue weighted by molar-refractivity contribution is 6.00. The Bertz CT molecular complexity index is 1740. The Morgan fingerprint density at radius 2 is 0.818 bits per heavy atom. The number of halogens is 1. The van der Waals surface area contributed by atoms with Crippen molar-refractivity contribution in [2.45, 2.75) is 156 Å². The van der Waals surface area contributed by atoms with Crippen molar-refractivity contribution in [2.24, 2.45) is 11.5 Å². The second-order valence-corrected chi connectivity index (χ2v) is 16.5. The molecule has 0 aliphatic heterocycles. The zero-order valence-corrected chi connectivity index (χ0v) is 41.0. The molecule has 0 saturated carbocycles. The maximum absolute atomic E-state index is 12.4. The summed E-state index contributed by atoms with van der Waals surface area (Å²) in [7, 11) is 0. The summed E-state index contributed by atoms with van der Waals surface area (Å²) in [6.45, 7) is 13.1. The zero-order chi connectivity index (χ0) is 48.5. The van der Waals surface area contributed by atoms with E-state index in [4.69, 9.17) is 25.7 Å². The van der Waals surface area contributed by atoms with Gasteiger partial charge in [-0.15, -0.1) is 12.4 Å². The number of hydrogen-bond donors (Lipinski definition) is 7. The summed E-state index contributed by atoms with van der Waals surface area (Å²) in [6, 6.07) is 9.46. The Labute approximate surface area is 398 Å². The Morgan fingerprint density at radius 3 is 1.12 bits per heavy atom. The lowest BCUT2D eigenvalue weighted by Gasteiger charge is -2.19. The van der Waals surface area contributed by atoms with Crippen molar-refractivity contribution in [3.63, 3.8) is 0 Å². The van der Waals surface area contributed by atoms with Crippen LogP contribution in [0.4, 0.5) is 27.5 Å². The lowest BCUT2D eigenvalue weighted by Crippen LogP contribution is -2.33. The van der Waals surface area contributed by atoms with Crippen molar-refractivity contribution in [2.75, 3.05) is 54.1 Å². The fourth-order valence-corrected chi connectivity index (χ4v) is 6.12. The van der Waals surface area contributed by atoms with Gasteiger partial charge >= 0.3 is 18.0 Å². The van der Waals surface area contributed by atoms with Crippen LogP contribution in [0.1, 0.15) is 171 Å². The first-order valence-corrected chi connectivity index (χ1v) is 23.2. The minimum atomic E-state index is -0.538. The second-order valence-electron chi connectivity index (χ2n) is 16.5. The van der Waals surface area contributed by atoms with E-state index in [2.05, 4.69) is 33.5 Å². The van der Waals surface area contributed by atoms with Gasteiger partial charge in [0.25, 0.3) is 0 Å². The van der Waals surface area contributed by atoms with E-state index in [1.807, 2.05) is 0 Å². The number of rotatable bonds is 29. The molecule has 372 valence electrons. The molecular formula is C48H78ClN7O10. The predicted molar refractivity (Wildman–Crippen MR) is 263 cm³/mol. The number of benzene rings is 2. The third kappa shape index (κ3) is 30.0. The average Bonchev–Trinajstić information content (AvgIpc) is 3.23. The molecule has 0 radical (unpaired) electrons. The molecule has 2 aromatic carbocycles. The van der Waals surface area contributed by atoms with Gasteiger partial charge in [0, 0.05) is 55.0 Å². The largest absolute Gasteiger partial charge is 0.462 e. The fourth-order valence-electron chi connectivity index (χ4n) is 6.12. The summed E-state index contributed by atoms with van der Waals surface area (Å²) < 4.78 is 15.3. The second kappa shape index (κ2) is 35.9. The molecule has 0 fully saturated rings. The van der Waals surface area contributed by atoms with E-state index in [9.17, 15) is 33.6 Å². The summed E-state index contributed by atoms with van der Waals surface area (Å²) in [4.78, 5) is 85.1. The van der Waals surface area contributed by atoms with Crippen molar-refractivity contribution < 1.29 is 47.8 Å². The van der Waals surface area contributed by atoms with Gasteiger partial charge < -0.3 is 52.3 Å². The van der Waals surface area contributed by atoms with E-state index in [0.29, 0.717) is 68.1 Å². The number of amides is 5. The number of alkyl carbamates (subject to hydrolysis) is 1. The van der Waals surface area contributed by atoms with Crippen LogP contribution in [0, 0.1) is 0 Å². The minimum absolute atomic E-state index is 0. The summed E-state index contributed by atoms with van der Waals surface area (Å²) in [6.07, 6.45) is 12.1. The Balaban J connectivity index is 0.00000129. The molecule has 66 heavy (non-hydrogen) atoms. The monoisotopic (exact) mass is 948 g/mol. The molecular weight excluding hydrogens is 870 g/mol. The van der Waals surface area contributed by atoms with Crippen LogP contribution in [0.2, 0.25) is 0 Å². The van der Waals surface area contributed by atoms with E-state index in [1.165, 1.54) is 6.07 Å². The number of hydrogen-bond acceptors (Lipinski definition) is 12. The minimum Gasteiger partial charge on any atom is -0.462 e. The van der Waals surface area contributed by atoms with Crippen molar-refractivity contribution in [1.29, 1.82) is 0 Å². The molecule has 18 heteroatoms. The average molecular weight is 949 g/mol. The number of esters is 2. The van der Waals surface area contributed by atoms with Crippen LogP contribution in [0.25, 0.3) is 0 Å². The van der Waals surface area contributed by atoms with Crippen LogP contribution in [0.15, 0.2) is 36.4 Å². The van der Waals surface area contributed by atoms with Crippen LogP contribution in [0.3, 0.4) is 0 Å². The number of nitrogens with one attached hydrogen (secondary N) is 5. The van der Waals surface area contributed by atoms with E-state index >= 15 is 0 Å². The van der Waals surface area contributed by atoms with Gasteiger partial charge in [0.15, 0.2) is 0 Å². The number of carbonyl (C=O) groups is 7. The summed E-state index contributed by atoms with van der Waals surface area (Å²) >= 11 is 0. The first-order valence-electron chi connectivity index (χ1n) is 23.2. The van der Waals surface area contributed by atoms with Crippen molar-refractivity contribution in [1.82, 2.24) is 5.32 Å². The van der Waals surface area contributed by atoms with Gasteiger partial charge in [-0.1, -0.05) is 45.4 Å². The van der Waals surface area contributed by atoms with Crippen LogP contribution in [0.5, 0.6) is 0 Å². The highest BCUT2D eigenvalue weighted by Gasteiger charge is 2.17. The van der Waals surface area contributed by atoms with Crippen LogP contribution >= 0.6 is 12.4 Å². The van der Waals surface area contributed by atoms with Gasteiger partial charge in [0.2, 0.25) is 23.6 Å². The van der Waals surface area contributed by atoms with Crippen molar-refractivity contribution >= 4 is 76.8 Å². The summed E-state index contributed by atoms with van der Waals surface area (Å²) in [5.41, 5.74) is 12.6. The van der Waals surface area contributed by atoms with Crippen LogP contribution in [-0.4, -0.2) is 80.1 Å². The highest BCUT2D eigenvalue weighted by atomic mass is 35.5. The molecule has 5 amide bonds. The van der Waals surface area contributed by atoms with Gasteiger partial charge in [-0.05, 0) is 129 Å². The SMILES string of the molecule is CCCCCCC(=O)Nc1cc(NC(=O)CCCCCNC(=O)OC(C)(C)C)cc(C(=O)OCC)c1.CCOC(=O)c1cc(NC(=O)CCCCCN)cc(NC(=O)CCCCCN)c1.Cl. The molecule has 2 aromatic rings. The fraction of sp³-hybridized carbons (Fsp3) is 0.604. The van der Waals surface area contributed by atoms with Gasteiger partial charge in [-0.2, -0.15) is 0 Å². The molecule has 0 aliphatic rings. The molecule has 0 aliphatic carbocycles. The number of unbranched alkanes of at least 4 members (excludes halogenated alkanes) is 9. The number of anilines is 4. The zero-order valence-electron chi connectivity index (χ0n) is 40.2. The molecule has 2 rings (SSSR count). The van der Waals surface area contributed by atoms with Crippen LogP contribution < -0.4 is 38.1 Å². The summed E-state index contributed by atoms with van der Waals surface area (Å²) in [5.74, 6) is -1.67. The molecule has 17 nitrogen and oxygen atoms in total. The Morgan fingerprint density at radius 1 is 0.485 bits per heavy atom. The molecule has 0 atom stereocenters. The first kappa shape index (κ1) is 60.7. The van der Waals surface area contributed by atoms with Crippen molar-refractivity contribution in [3.05, 3.63) is 47.5 Å². The standard InChI is InChI=1S/C27H43N3O6.C21H34N4O4.ClH/c1-6-8-9-11-14-23(31)29-21-17-20(25(33)35-7-2)18-22(19-21)30-24(32)15-12-10-13-16-28-26(34)36-27(3,4)5;1-2-29-21(28)16-13-17(24-19(26)9-5-3-7-11-22)15-18(14-16)25-20(27)10-6-4-8-12-23;/h17-19H,6-16H2,1-5H3,(H,28,34)(H,29,31)(H,30,32);13-15H,2-12,22-23H2,1H3,(H,24,26)(H,25,27);1H.